The molecule has 3 rings (SSSR count). The molecule has 0 saturated carbocycles. The highest BCUT2D eigenvalue weighted by Crippen LogP contribution is 2.30. The number of nitrogens with zero attached hydrogens (tertiary/aromatic N) is 4. The van der Waals surface area contributed by atoms with E-state index in [0.29, 0.717) is 18.8 Å². The monoisotopic (exact) mass is 393 g/mol. The molecule has 0 spiro atoms. The van der Waals surface area contributed by atoms with Crippen LogP contribution in [-0.4, -0.2) is 34.7 Å². The molecule has 0 unspecified atom stereocenters. The number of aryl methyl sites for hydroxylation is 1. The number of hydrogen-bond acceptors (Lipinski definition) is 3. The van der Waals surface area contributed by atoms with Gasteiger partial charge in [0.05, 0.1) is 5.69 Å². The van der Waals surface area contributed by atoms with Crippen LogP contribution in [0.4, 0.5) is 10.5 Å². The first-order chi connectivity index (χ1) is 13.8. The molecule has 1 aromatic carbocycles. The van der Waals surface area contributed by atoms with Crippen LogP contribution in [-0.2, 0) is 11.2 Å². The van der Waals surface area contributed by atoms with E-state index < -0.39 is 5.60 Å². The standard InChI is InChI=1S/C22H27N5O2/c1-5-18-20(25-26-23)14-19(24-18)17-8-6-15(7-9-17)16-10-12-27(13-11-16)21(28)29-22(2,3)4/h6-10,14,24H,5,11-13H2,1-4H3. The number of nitrogens with one attached hydrogen (secondary N) is 1. The first-order valence-corrected chi connectivity index (χ1v) is 9.85. The van der Waals surface area contributed by atoms with Gasteiger partial charge >= 0.3 is 6.09 Å². The van der Waals surface area contributed by atoms with Gasteiger partial charge in [-0.15, -0.1) is 0 Å². The molecule has 1 aliphatic heterocycles. The Bertz CT molecular complexity index is 960. The summed E-state index contributed by atoms with van der Waals surface area (Å²) in [7, 11) is 0. The Balaban J connectivity index is 1.71. The Hall–Kier alpha value is -3.18. The highest BCUT2D eigenvalue weighted by Gasteiger charge is 2.23. The van der Waals surface area contributed by atoms with E-state index in [1.807, 2.05) is 33.8 Å². The van der Waals surface area contributed by atoms with Gasteiger partial charge in [-0.1, -0.05) is 42.4 Å². The van der Waals surface area contributed by atoms with E-state index >= 15 is 0 Å². The lowest BCUT2D eigenvalue weighted by molar-refractivity contribution is 0.0270. The molecule has 0 atom stereocenters. The van der Waals surface area contributed by atoms with Crippen LogP contribution in [0.25, 0.3) is 27.3 Å². The van der Waals surface area contributed by atoms with Crippen molar-refractivity contribution in [3.05, 3.63) is 58.1 Å². The molecule has 1 aliphatic rings. The van der Waals surface area contributed by atoms with Crippen molar-refractivity contribution in [3.8, 4) is 11.3 Å². The summed E-state index contributed by atoms with van der Waals surface area (Å²) in [5.41, 5.74) is 14.2. The highest BCUT2D eigenvalue weighted by molar-refractivity contribution is 5.74. The van der Waals surface area contributed by atoms with Gasteiger partial charge in [-0.2, -0.15) is 0 Å². The second-order valence-corrected chi connectivity index (χ2v) is 8.07. The fraction of sp³-hybridized carbons (Fsp3) is 0.409. The summed E-state index contributed by atoms with van der Waals surface area (Å²) in [6, 6.07) is 10.2. The molecule has 7 heteroatoms. The Morgan fingerprint density at radius 3 is 2.52 bits per heavy atom. The summed E-state index contributed by atoms with van der Waals surface area (Å²) in [5, 5.41) is 3.76. The van der Waals surface area contributed by atoms with Crippen molar-refractivity contribution < 1.29 is 9.53 Å². The molecule has 0 radical (unpaired) electrons. The number of carbonyl (C=O) groups is 1. The van der Waals surface area contributed by atoms with Gasteiger partial charge in [-0.05, 0) is 61.9 Å². The van der Waals surface area contributed by atoms with Gasteiger partial charge in [-0.3, -0.25) is 0 Å². The maximum absolute atomic E-state index is 12.2. The second kappa shape index (κ2) is 8.45. The van der Waals surface area contributed by atoms with Gasteiger partial charge < -0.3 is 14.6 Å². The second-order valence-electron chi connectivity index (χ2n) is 8.07. The van der Waals surface area contributed by atoms with Gasteiger partial charge in [0.2, 0.25) is 0 Å². The average Bonchev–Trinajstić information content (AvgIpc) is 3.10. The van der Waals surface area contributed by atoms with E-state index in [1.165, 1.54) is 5.57 Å². The van der Waals surface area contributed by atoms with Crippen molar-refractivity contribution in [3.63, 3.8) is 0 Å². The summed E-state index contributed by atoms with van der Waals surface area (Å²) in [4.78, 5) is 20.2. The fourth-order valence-electron chi connectivity index (χ4n) is 3.34. The molecule has 1 amide bonds. The van der Waals surface area contributed by atoms with Gasteiger partial charge in [0.15, 0.2) is 0 Å². The number of aromatic nitrogens is 1. The summed E-state index contributed by atoms with van der Waals surface area (Å²) in [5.74, 6) is 0. The minimum atomic E-state index is -0.481. The molecule has 152 valence electrons. The molecule has 1 aromatic heterocycles. The number of aromatic amines is 1. The van der Waals surface area contributed by atoms with E-state index in [1.54, 1.807) is 4.90 Å². The van der Waals surface area contributed by atoms with Crippen LogP contribution in [0.15, 0.2) is 41.5 Å². The van der Waals surface area contributed by atoms with Crippen molar-refractivity contribution >= 4 is 17.4 Å². The molecule has 0 bridgehead atoms. The highest BCUT2D eigenvalue weighted by atomic mass is 16.6. The lowest BCUT2D eigenvalue weighted by Gasteiger charge is -2.29. The topological polar surface area (TPSA) is 94.1 Å². The number of ether oxygens (including phenoxy) is 1. The normalized spacial score (nSPS) is 14.2. The van der Waals surface area contributed by atoms with Gasteiger partial charge in [-0.25, -0.2) is 4.79 Å². The number of carbonyl (C=O) groups excluding carboxylic acids is 1. The third-order valence-corrected chi connectivity index (χ3v) is 4.81. The zero-order valence-corrected chi connectivity index (χ0v) is 17.4. The van der Waals surface area contributed by atoms with Crippen LogP contribution in [0.2, 0.25) is 0 Å². The quantitative estimate of drug-likeness (QED) is 0.380. The predicted octanol–water partition coefficient (Wildman–Crippen LogP) is 6.21. The van der Waals surface area contributed by atoms with E-state index in [2.05, 4.69) is 45.4 Å². The van der Waals surface area contributed by atoms with E-state index in [-0.39, 0.29) is 6.09 Å². The van der Waals surface area contributed by atoms with Crippen molar-refractivity contribution in [2.24, 2.45) is 5.11 Å². The molecular formula is C22H27N5O2. The summed E-state index contributed by atoms with van der Waals surface area (Å²) in [6.07, 6.45) is 3.39. The maximum atomic E-state index is 12.2. The van der Waals surface area contributed by atoms with Crippen molar-refractivity contribution in [1.82, 2.24) is 9.88 Å². The van der Waals surface area contributed by atoms with E-state index in [0.717, 1.165) is 35.4 Å². The largest absolute Gasteiger partial charge is 0.444 e. The van der Waals surface area contributed by atoms with Crippen LogP contribution >= 0.6 is 0 Å². The summed E-state index contributed by atoms with van der Waals surface area (Å²) < 4.78 is 5.45. The average molecular weight is 393 g/mol. The van der Waals surface area contributed by atoms with Crippen LogP contribution in [0.1, 0.15) is 45.4 Å². The zero-order chi connectivity index (χ0) is 21.0. The third-order valence-electron chi connectivity index (χ3n) is 4.81. The zero-order valence-electron chi connectivity index (χ0n) is 17.4. The molecule has 0 fully saturated rings. The Kier molecular flexibility index (Phi) is 5.99. The first-order valence-electron chi connectivity index (χ1n) is 9.85. The van der Waals surface area contributed by atoms with Crippen molar-refractivity contribution in [2.75, 3.05) is 13.1 Å². The summed E-state index contributed by atoms with van der Waals surface area (Å²) >= 11 is 0. The minimum Gasteiger partial charge on any atom is -0.444 e. The molecule has 2 heterocycles. The number of rotatable bonds is 4. The van der Waals surface area contributed by atoms with Crippen LogP contribution in [0.3, 0.4) is 0 Å². The number of benzene rings is 1. The SMILES string of the molecule is CCc1[nH]c(-c2ccc(C3=CCN(C(=O)OC(C)(C)C)CC3)cc2)cc1N=[N+]=[N-]. The third kappa shape index (κ3) is 5.00. The van der Waals surface area contributed by atoms with Crippen LogP contribution in [0, 0.1) is 0 Å². The maximum Gasteiger partial charge on any atom is 0.410 e. The van der Waals surface area contributed by atoms with Crippen LogP contribution in [0.5, 0.6) is 0 Å². The van der Waals surface area contributed by atoms with Gasteiger partial charge in [0.1, 0.15) is 5.60 Å². The lowest BCUT2D eigenvalue weighted by Crippen LogP contribution is -2.39. The fourth-order valence-corrected chi connectivity index (χ4v) is 3.34. The lowest BCUT2D eigenvalue weighted by atomic mass is 9.98. The molecule has 0 saturated heterocycles. The molecule has 0 aliphatic carbocycles. The van der Waals surface area contributed by atoms with E-state index in [4.69, 9.17) is 10.3 Å². The molecule has 29 heavy (non-hydrogen) atoms. The molecular weight excluding hydrogens is 366 g/mol. The molecule has 2 aromatic rings. The number of amides is 1. The minimum absolute atomic E-state index is 0.266. The Morgan fingerprint density at radius 1 is 1.28 bits per heavy atom. The summed E-state index contributed by atoms with van der Waals surface area (Å²) in [6.45, 7) is 8.85. The van der Waals surface area contributed by atoms with Gasteiger partial charge in [0.25, 0.3) is 0 Å². The number of hydrogen-bond donors (Lipinski definition) is 1. The smallest absolute Gasteiger partial charge is 0.410 e. The molecule has 7 nitrogen and oxygen atoms in total. The molecule has 1 N–H and O–H groups in total. The number of azide groups is 1. The van der Waals surface area contributed by atoms with E-state index in [9.17, 15) is 4.79 Å². The van der Waals surface area contributed by atoms with Crippen molar-refractivity contribution in [1.29, 1.82) is 0 Å². The number of H-pyrrole nitrogens is 1. The van der Waals surface area contributed by atoms with Crippen LogP contribution < -0.4 is 0 Å². The predicted molar refractivity (Wildman–Crippen MR) is 115 cm³/mol. The van der Waals surface area contributed by atoms with Gasteiger partial charge in [0, 0.05) is 29.4 Å². The Labute approximate surface area is 171 Å². The van der Waals surface area contributed by atoms with Crippen molar-refractivity contribution in [2.45, 2.75) is 46.1 Å². The first kappa shape index (κ1) is 20.6. The Morgan fingerprint density at radius 2 is 1.97 bits per heavy atom.